The Morgan fingerprint density at radius 1 is 1.26 bits per heavy atom. The molecule has 0 unspecified atom stereocenters. The van der Waals surface area contributed by atoms with Gasteiger partial charge in [0.2, 0.25) is 0 Å². The largest absolute Gasteiger partial charge is 0.481 e. The van der Waals surface area contributed by atoms with Gasteiger partial charge < -0.3 is 5.11 Å². The zero-order valence-electron chi connectivity index (χ0n) is 11.1. The Kier molecular flexibility index (Phi) is 3.90. The minimum absolute atomic E-state index is 0.0469. The van der Waals surface area contributed by atoms with Gasteiger partial charge in [0.05, 0.1) is 6.42 Å². The molecule has 0 aliphatic heterocycles. The maximum Gasteiger partial charge on any atom is 0.307 e. The third-order valence-electron chi connectivity index (χ3n) is 3.02. The van der Waals surface area contributed by atoms with Crippen molar-refractivity contribution in [3.8, 4) is 11.4 Å². The number of benzene rings is 1. The van der Waals surface area contributed by atoms with Crippen molar-refractivity contribution >= 4 is 5.97 Å². The molecule has 0 bridgehead atoms. The number of rotatable bonds is 4. The minimum atomic E-state index is -0.874. The molecule has 1 heterocycles. The fourth-order valence-electron chi connectivity index (χ4n) is 2.09. The molecule has 1 N–H and O–H groups in total. The van der Waals surface area contributed by atoms with E-state index >= 15 is 0 Å². The molecule has 98 valence electrons. The Morgan fingerprint density at radius 3 is 2.53 bits per heavy atom. The smallest absolute Gasteiger partial charge is 0.307 e. The summed E-state index contributed by atoms with van der Waals surface area (Å²) in [7, 11) is 0. The second-order valence-corrected chi connectivity index (χ2v) is 4.45. The average Bonchev–Trinajstić information content (AvgIpc) is 2.39. The molecule has 0 atom stereocenters. The van der Waals surface area contributed by atoms with Crippen LogP contribution in [0.3, 0.4) is 0 Å². The minimum Gasteiger partial charge on any atom is -0.481 e. The molecule has 0 aliphatic carbocycles. The summed E-state index contributed by atoms with van der Waals surface area (Å²) in [5.74, 6) is -0.217. The number of carboxylic acid groups (broad SMARTS) is 1. The van der Waals surface area contributed by atoms with Crippen LogP contribution in [0.1, 0.15) is 23.6 Å². The summed E-state index contributed by atoms with van der Waals surface area (Å²) in [6.45, 7) is 4.13. The summed E-state index contributed by atoms with van der Waals surface area (Å²) in [4.78, 5) is 19.2. The van der Waals surface area contributed by atoms with Gasteiger partial charge in [0.1, 0.15) is 0 Å². The molecular formula is C15H16N2O2. The molecule has 1 aromatic heterocycles. The van der Waals surface area contributed by atoms with Gasteiger partial charge >= 0.3 is 5.97 Å². The van der Waals surface area contributed by atoms with Crippen molar-refractivity contribution in [1.29, 1.82) is 0 Å². The molecule has 4 heteroatoms. The first-order valence-electron chi connectivity index (χ1n) is 6.23. The van der Waals surface area contributed by atoms with Gasteiger partial charge in [-0.05, 0) is 30.0 Å². The number of aliphatic carboxylic acids is 1. The molecule has 0 aliphatic rings. The summed E-state index contributed by atoms with van der Waals surface area (Å²) in [6.07, 6.45) is 4.04. The Balaban J connectivity index is 2.40. The topological polar surface area (TPSA) is 63.1 Å². The maximum absolute atomic E-state index is 10.6. The van der Waals surface area contributed by atoms with Crippen molar-refractivity contribution in [3.05, 3.63) is 47.3 Å². The Labute approximate surface area is 112 Å². The highest BCUT2D eigenvalue weighted by atomic mass is 16.4. The van der Waals surface area contributed by atoms with Crippen LogP contribution in [0.2, 0.25) is 0 Å². The predicted octanol–water partition coefficient (Wildman–Crippen LogP) is 2.64. The van der Waals surface area contributed by atoms with Crippen molar-refractivity contribution in [1.82, 2.24) is 9.97 Å². The average molecular weight is 256 g/mol. The lowest BCUT2D eigenvalue weighted by atomic mass is 9.99. The fourth-order valence-corrected chi connectivity index (χ4v) is 2.09. The van der Waals surface area contributed by atoms with Crippen molar-refractivity contribution < 1.29 is 9.90 Å². The van der Waals surface area contributed by atoms with E-state index in [-0.39, 0.29) is 6.42 Å². The van der Waals surface area contributed by atoms with Crippen molar-refractivity contribution in [2.24, 2.45) is 0 Å². The monoisotopic (exact) mass is 256 g/mol. The molecule has 4 nitrogen and oxygen atoms in total. The predicted molar refractivity (Wildman–Crippen MR) is 72.9 cm³/mol. The zero-order valence-corrected chi connectivity index (χ0v) is 11.1. The molecule has 0 spiro atoms. The second-order valence-electron chi connectivity index (χ2n) is 4.45. The van der Waals surface area contributed by atoms with E-state index in [9.17, 15) is 4.79 Å². The molecule has 19 heavy (non-hydrogen) atoms. The first-order chi connectivity index (χ1) is 9.11. The molecule has 2 aromatic rings. The molecule has 0 radical (unpaired) electrons. The number of hydrogen-bond acceptors (Lipinski definition) is 3. The standard InChI is InChI=1S/C15H16N2O2/c1-3-12-6-4-5-10(2)14(12)15-16-8-11(9-17-15)7-13(18)19/h4-6,8-9H,3,7H2,1-2H3,(H,18,19). The van der Waals surface area contributed by atoms with Crippen LogP contribution in [0.25, 0.3) is 11.4 Å². The third kappa shape index (κ3) is 2.96. The Morgan fingerprint density at radius 2 is 1.95 bits per heavy atom. The summed E-state index contributed by atoms with van der Waals surface area (Å²) < 4.78 is 0. The van der Waals surface area contributed by atoms with Crippen molar-refractivity contribution in [3.63, 3.8) is 0 Å². The van der Waals surface area contributed by atoms with Gasteiger partial charge in [0, 0.05) is 18.0 Å². The number of nitrogens with zero attached hydrogens (tertiary/aromatic N) is 2. The van der Waals surface area contributed by atoms with E-state index in [2.05, 4.69) is 23.0 Å². The van der Waals surface area contributed by atoms with Crippen LogP contribution < -0.4 is 0 Å². The number of aromatic nitrogens is 2. The van der Waals surface area contributed by atoms with Crippen molar-refractivity contribution in [2.75, 3.05) is 0 Å². The highest BCUT2D eigenvalue weighted by Gasteiger charge is 2.10. The zero-order chi connectivity index (χ0) is 13.8. The van der Waals surface area contributed by atoms with Gasteiger partial charge in [0.15, 0.2) is 5.82 Å². The van der Waals surface area contributed by atoms with Crippen LogP contribution in [0.4, 0.5) is 0 Å². The van der Waals surface area contributed by atoms with Crippen molar-refractivity contribution in [2.45, 2.75) is 26.7 Å². The van der Waals surface area contributed by atoms with Crippen LogP contribution in [0.5, 0.6) is 0 Å². The summed E-state index contributed by atoms with van der Waals surface area (Å²) in [5, 5.41) is 8.72. The molecule has 0 fully saturated rings. The lowest BCUT2D eigenvalue weighted by molar-refractivity contribution is -0.136. The first-order valence-corrected chi connectivity index (χ1v) is 6.23. The van der Waals surface area contributed by atoms with Crippen LogP contribution in [-0.4, -0.2) is 21.0 Å². The molecule has 0 saturated heterocycles. The van der Waals surface area contributed by atoms with E-state index < -0.39 is 5.97 Å². The van der Waals surface area contributed by atoms with Crippen LogP contribution in [-0.2, 0) is 17.6 Å². The van der Waals surface area contributed by atoms with Gasteiger partial charge in [-0.25, -0.2) is 9.97 Å². The normalized spacial score (nSPS) is 10.4. The fraction of sp³-hybridized carbons (Fsp3) is 0.267. The quantitative estimate of drug-likeness (QED) is 0.913. The number of hydrogen-bond donors (Lipinski definition) is 1. The Hall–Kier alpha value is -2.23. The summed E-state index contributed by atoms with van der Waals surface area (Å²) >= 11 is 0. The van der Waals surface area contributed by atoms with E-state index in [0.717, 1.165) is 17.5 Å². The number of carboxylic acids is 1. The highest BCUT2D eigenvalue weighted by molar-refractivity contribution is 5.70. The van der Waals surface area contributed by atoms with Crippen LogP contribution in [0.15, 0.2) is 30.6 Å². The van der Waals surface area contributed by atoms with Gasteiger partial charge in [-0.1, -0.05) is 25.1 Å². The van der Waals surface area contributed by atoms with Gasteiger partial charge in [0.25, 0.3) is 0 Å². The third-order valence-corrected chi connectivity index (χ3v) is 3.02. The SMILES string of the molecule is CCc1cccc(C)c1-c1ncc(CC(=O)O)cn1. The van der Waals surface area contributed by atoms with E-state index in [1.54, 1.807) is 12.4 Å². The number of carbonyl (C=O) groups is 1. The lowest BCUT2D eigenvalue weighted by Gasteiger charge is -2.10. The van der Waals surface area contributed by atoms with E-state index in [4.69, 9.17) is 5.11 Å². The lowest BCUT2D eigenvalue weighted by Crippen LogP contribution is -2.02. The maximum atomic E-state index is 10.6. The molecular weight excluding hydrogens is 240 g/mol. The Bertz CT molecular complexity index is 592. The van der Waals surface area contributed by atoms with Crippen LogP contribution >= 0.6 is 0 Å². The van der Waals surface area contributed by atoms with Crippen LogP contribution in [0, 0.1) is 6.92 Å². The number of aryl methyl sites for hydroxylation is 2. The van der Waals surface area contributed by atoms with Gasteiger partial charge in [-0.2, -0.15) is 0 Å². The first kappa shape index (κ1) is 13.2. The molecule has 2 rings (SSSR count). The van der Waals surface area contributed by atoms with Gasteiger partial charge in [-0.3, -0.25) is 4.79 Å². The molecule has 0 amide bonds. The van der Waals surface area contributed by atoms with E-state index in [1.165, 1.54) is 5.56 Å². The summed E-state index contributed by atoms with van der Waals surface area (Å²) in [6, 6.07) is 6.12. The second kappa shape index (κ2) is 5.61. The summed E-state index contributed by atoms with van der Waals surface area (Å²) in [5.41, 5.74) is 3.99. The van der Waals surface area contributed by atoms with E-state index in [1.807, 2.05) is 19.1 Å². The van der Waals surface area contributed by atoms with Gasteiger partial charge in [-0.15, -0.1) is 0 Å². The highest BCUT2D eigenvalue weighted by Crippen LogP contribution is 2.24. The molecule has 1 aromatic carbocycles. The molecule has 0 saturated carbocycles. The van der Waals surface area contributed by atoms with E-state index in [0.29, 0.717) is 11.4 Å².